The molecule has 36 heavy (non-hydrogen) atoms. The number of aromatic nitrogens is 2. The number of esters is 2. The molecular formula is C26H27N3O7. The Labute approximate surface area is 206 Å². The molecule has 1 heterocycles. The Morgan fingerprint density at radius 2 is 1.53 bits per heavy atom. The molecule has 0 saturated heterocycles. The SMILES string of the molecule is COC(=O)Cn1c(=O)c(C(=O)COC(=O)c2c(C)cc(C)cc2C)c(N)n(Cc2ccccc2)c1=O. The fourth-order valence-electron chi connectivity index (χ4n) is 4.01. The molecule has 2 N–H and O–H groups in total. The van der Waals surface area contributed by atoms with E-state index in [0.29, 0.717) is 26.8 Å². The van der Waals surface area contributed by atoms with Crippen molar-refractivity contribution in [2.45, 2.75) is 33.9 Å². The number of methoxy groups -OCH3 is 1. The number of rotatable bonds is 8. The van der Waals surface area contributed by atoms with Crippen LogP contribution in [0.15, 0.2) is 52.1 Å². The van der Waals surface area contributed by atoms with E-state index in [9.17, 15) is 24.0 Å². The van der Waals surface area contributed by atoms with E-state index in [4.69, 9.17) is 10.5 Å². The fourth-order valence-corrected chi connectivity index (χ4v) is 4.01. The summed E-state index contributed by atoms with van der Waals surface area (Å²) in [6, 6.07) is 12.4. The number of anilines is 1. The van der Waals surface area contributed by atoms with Crippen LogP contribution in [0.2, 0.25) is 0 Å². The summed E-state index contributed by atoms with van der Waals surface area (Å²) in [7, 11) is 1.10. The molecular weight excluding hydrogens is 466 g/mol. The second kappa shape index (κ2) is 10.9. The van der Waals surface area contributed by atoms with E-state index in [1.807, 2.05) is 19.1 Å². The van der Waals surface area contributed by atoms with Crippen LogP contribution in [0.1, 0.15) is 43.0 Å². The van der Waals surface area contributed by atoms with Crippen molar-refractivity contribution in [1.82, 2.24) is 9.13 Å². The second-order valence-corrected chi connectivity index (χ2v) is 8.36. The molecule has 0 bridgehead atoms. The van der Waals surface area contributed by atoms with E-state index in [-0.39, 0.29) is 6.54 Å². The van der Waals surface area contributed by atoms with Gasteiger partial charge in [0.05, 0.1) is 19.2 Å². The summed E-state index contributed by atoms with van der Waals surface area (Å²) in [4.78, 5) is 63.7. The summed E-state index contributed by atoms with van der Waals surface area (Å²) in [5.41, 5.74) is 6.93. The van der Waals surface area contributed by atoms with Gasteiger partial charge in [-0.25, -0.2) is 14.2 Å². The van der Waals surface area contributed by atoms with Crippen molar-refractivity contribution in [2.24, 2.45) is 0 Å². The molecule has 0 atom stereocenters. The predicted molar refractivity (Wildman–Crippen MR) is 132 cm³/mol. The average Bonchev–Trinajstić information content (AvgIpc) is 2.83. The van der Waals surface area contributed by atoms with E-state index in [1.165, 1.54) is 0 Å². The molecule has 0 aliphatic rings. The summed E-state index contributed by atoms with van der Waals surface area (Å²) in [6.45, 7) is 3.83. The number of ether oxygens (including phenoxy) is 2. The summed E-state index contributed by atoms with van der Waals surface area (Å²) in [5.74, 6) is -2.89. The van der Waals surface area contributed by atoms with Gasteiger partial charge in [0.1, 0.15) is 17.9 Å². The van der Waals surface area contributed by atoms with E-state index in [1.54, 1.807) is 44.2 Å². The first-order chi connectivity index (χ1) is 17.0. The summed E-state index contributed by atoms with van der Waals surface area (Å²) >= 11 is 0. The van der Waals surface area contributed by atoms with Gasteiger partial charge in [-0.15, -0.1) is 0 Å². The molecule has 0 unspecified atom stereocenters. The van der Waals surface area contributed by atoms with E-state index >= 15 is 0 Å². The van der Waals surface area contributed by atoms with Crippen LogP contribution in [0.4, 0.5) is 5.82 Å². The first-order valence-corrected chi connectivity index (χ1v) is 11.1. The van der Waals surface area contributed by atoms with Gasteiger partial charge in [0, 0.05) is 0 Å². The molecule has 0 radical (unpaired) electrons. The zero-order valence-electron chi connectivity index (χ0n) is 20.5. The van der Waals surface area contributed by atoms with Crippen LogP contribution in [-0.2, 0) is 27.4 Å². The van der Waals surface area contributed by atoms with Crippen LogP contribution in [0, 0.1) is 20.8 Å². The Morgan fingerprint density at radius 1 is 0.917 bits per heavy atom. The van der Waals surface area contributed by atoms with E-state index in [2.05, 4.69) is 4.74 Å². The molecule has 0 spiro atoms. The number of ketones is 1. The number of nitrogens with two attached hydrogens (primary N) is 1. The molecule has 0 amide bonds. The van der Waals surface area contributed by atoms with E-state index in [0.717, 1.165) is 17.2 Å². The Kier molecular flexibility index (Phi) is 7.88. The highest BCUT2D eigenvalue weighted by atomic mass is 16.5. The summed E-state index contributed by atoms with van der Waals surface area (Å²) < 4.78 is 11.4. The standard InChI is InChI=1S/C26H27N3O7/c1-15-10-16(2)21(17(3)11-15)25(33)36-14-19(30)22-23(27)28(12-18-8-6-5-7-9-18)26(34)29(24(22)32)13-20(31)35-4/h5-11H,12-14,27H2,1-4H3. The van der Waals surface area contributed by atoms with Crippen LogP contribution < -0.4 is 17.0 Å². The number of nitrogen functional groups attached to an aromatic ring is 1. The lowest BCUT2D eigenvalue weighted by Gasteiger charge is -2.16. The number of Topliss-reactive ketones (excluding diaryl/α,β-unsaturated/α-hetero) is 1. The highest BCUT2D eigenvalue weighted by Gasteiger charge is 2.25. The molecule has 3 aromatic rings. The van der Waals surface area contributed by atoms with Gasteiger partial charge in [0.15, 0.2) is 6.61 Å². The zero-order chi connectivity index (χ0) is 26.6. The van der Waals surface area contributed by atoms with Crippen molar-refractivity contribution in [3.05, 3.63) is 96.7 Å². The van der Waals surface area contributed by atoms with Gasteiger partial charge >= 0.3 is 17.6 Å². The minimum atomic E-state index is -1.07. The number of carbonyl (C=O) groups excluding carboxylic acids is 3. The number of carbonyl (C=O) groups is 3. The maximum atomic E-state index is 13.1. The molecule has 2 aromatic carbocycles. The largest absolute Gasteiger partial charge is 0.468 e. The topological polar surface area (TPSA) is 140 Å². The van der Waals surface area contributed by atoms with Crippen molar-refractivity contribution in [3.8, 4) is 0 Å². The fraction of sp³-hybridized carbons (Fsp3) is 0.269. The minimum Gasteiger partial charge on any atom is -0.468 e. The monoisotopic (exact) mass is 493 g/mol. The predicted octanol–water partition coefficient (Wildman–Crippen LogP) is 1.78. The van der Waals surface area contributed by atoms with Gasteiger partial charge in [-0.3, -0.25) is 19.0 Å². The first kappa shape index (κ1) is 26.1. The van der Waals surface area contributed by atoms with Gasteiger partial charge < -0.3 is 15.2 Å². The molecule has 0 aliphatic carbocycles. The second-order valence-electron chi connectivity index (χ2n) is 8.36. The number of aryl methyl sites for hydroxylation is 3. The molecule has 0 saturated carbocycles. The lowest BCUT2D eigenvalue weighted by Crippen LogP contribution is -2.46. The van der Waals surface area contributed by atoms with Crippen LogP contribution >= 0.6 is 0 Å². The van der Waals surface area contributed by atoms with Crippen LogP contribution in [-0.4, -0.2) is 40.6 Å². The minimum absolute atomic E-state index is 0.0607. The Morgan fingerprint density at radius 3 is 2.11 bits per heavy atom. The van der Waals surface area contributed by atoms with Crippen LogP contribution in [0.5, 0.6) is 0 Å². The first-order valence-electron chi connectivity index (χ1n) is 11.1. The molecule has 188 valence electrons. The third kappa shape index (κ3) is 5.43. The van der Waals surface area contributed by atoms with Gasteiger partial charge in [-0.05, 0) is 37.5 Å². The van der Waals surface area contributed by atoms with E-state index < -0.39 is 53.5 Å². The van der Waals surface area contributed by atoms with Crippen molar-refractivity contribution in [1.29, 1.82) is 0 Å². The number of hydrogen-bond donors (Lipinski definition) is 1. The zero-order valence-corrected chi connectivity index (χ0v) is 20.5. The number of hydrogen-bond acceptors (Lipinski definition) is 8. The highest BCUT2D eigenvalue weighted by molar-refractivity contribution is 6.02. The normalized spacial score (nSPS) is 10.7. The third-order valence-corrected chi connectivity index (χ3v) is 5.66. The maximum absolute atomic E-state index is 13.1. The number of benzene rings is 2. The smallest absolute Gasteiger partial charge is 0.339 e. The number of nitrogens with zero attached hydrogens (tertiary/aromatic N) is 2. The molecule has 0 aliphatic heterocycles. The van der Waals surface area contributed by atoms with Crippen molar-refractivity contribution < 1.29 is 23.9 Å². The summed E-state index contributed by atoms with van der Waals surface area (Å²) in [5, 5.41) is 0. The maximum Gasteiger partial charge on any atom is 0.339 e. The Hall–Kier alpha value is -4.47. The van der Waals surface area contributed by atoms with Gasteiger partial charge in [-0.2, -0.15) is 0 Å². The van der Waals surface area contributed by atoms with Gasteiger partial charge in [0.2, 0.25) is 5.78 Å². The van der Waals surface area contributed by atoms with Gasteiger partial charge in [0.25, 0.3) is 5.56 Å². The molecule has 10 heteroatoms. The molecule has 1 aromatic heterocycles. The van der Waals surface area contributed by atoms with Crippen LogP contribution in [0.25, 0.3) is 0 Å². The van der Waals surface area contributed by atoms with Crippen molar-refractivity contribution >= 4 is 23.5 Å². The molecule has 0 fully saturated rings. The lowest BCUT2D eigenvalue weighted by atomic mass is 10.00. The van der Waals surface area contributed by atoms with Crippen molar-refractivity contribution in [3.63, 3.8) is 0 Å². The summed E-state index contributed by atoms with van der Waals surface area (Å²) in [6.07, 6.45) is 0. The Balaban J connectivity index is 2.01. The highest BCUT2D eigenvalue weighted by Crippen LogP contribution is 2.18. The molecule has 3 rings (SSSR count). The van der Waals surface area contributed by atoms with Crippen molar-refractivity contribution in [2.75, 3.05) is 19.5 Å². The van der Waals surface area contributed by atoms with Gasteiger partial charge in [-0.1, -0.05) is 48.0 Å². The Bertz CT molecular complexity index is 1430. The molecule has 10 nitrogen and oxygen atoms in total. The quantitative estimate of drug-likeness (QED) is 0.370. The average molecular weight is 494 g/mol. The lowest BCUT2D eigenvalue weighted by molar-refractivity contribution is -0.141. The third-order valence-electron chi connectivity index (χ3n) is 5.66. The van der Waals surface area contributed by atoms with Crippen LogP contribution in [0.3, 0.4) is 0 Å².